The summed E-state index contributed by atoms with van der Waals surface area (Å²) in [6.45, 7) is 2.75. The Morgan fingerprint density at radius 1 is 0.547 bits per heavy atom. The Morgan fingerprint density at radius 2 is 1.00 bits per heavy atom. The third-order valence-corrected chi connectivity index (χ3v) is 12.6. The van der Waals surface area contributed by atoms with Gasteiger partial charge >= 0.3 is 0 Å². The largest absolute Gasteiger partial charge is 0.394 e. The molecular weight excluding hydrogens is 823 g/mol. The van der Waals surface area contributed by atoms with E-state index < -0.39 is 86.8 Å². The Balaban J connectivity index is 1.85. The van der Waals surface area contributed by atoms with Crippen molar-refractivity contribution >= 4 is 5.91 Å². The Bertz CT molecular complexity index is 1170. The molecule has 1 amide bonds. The molecular formula is C50H93NO13. The number of nitrogens with one attached hydrogen (secondary N) is 1. The van der Waals surface area contributed by atoms with Crippen molar-refractivity contribution in [1.29, 1.82) is 0 Å². The number of hydrogen-bond acceptors (Lipinski definition) is 13. The van der Waals surface area contributed by atoms with Crippen LogP contribution in [0.1, 0.15) is 194 Å². The number of aliphatic hydroxyl groups excluding tert-OH is 8. The summed E-state index contributed by atoms with van der Waals surface area (Å²) in [5.74, 6) is -0.251. The molecule has 0 aromatic rings. The lowest BCUT2D eigenvalue weighted by atomic mass is 9.97. The molecule has 0 aliphatic carbocycles. The van der Waals surface area contributed by atoms with E-state index in [-0.39, 0.29) is 18.9 Å². The summed E-state index contributed by atoms with van der Waals surface area (Å²) in [6.07, 6.45) is 23.7. The van der Waals surface area contributed by atoms with E-state index in [1.807, 2.05) is 6.08 Å². The summed E-state index contributed by atoms with van der Waals surface area (Å²) in [7, 11) is 0. The lowest BCUT2D eigenvalue weighted by Gasteiger charge is -2.46. The number of aliphatic hydroxyl groups is 8. The van der Waals surface area contributed by atoms with Crippen molar-refractivity contribution < 1.29 is 64.6 Å². The zero-order valence-electron chi connectivity index (χ0n) is 39.8. The van der Waals surface area contributed by atoms with Crippen molar-refractivity contribution in [3.05, 3.63) is 24.3 Å². The highest BCUT2D eigenvalue weighted by atomic mass is 16.7. The molecule has 0 spiro atoms. The fourth-order valence-corrected chi connectivity index (χ4v) is 8.42. The van der Waals surface area contributed by atoms with Gasteiger partial charge in [0, 0.05) is 6.42 Å². The molecule has 12 atom stereocenters. The smallest absolute Gasteiger partial charge is 0.220 e. The average Bonchev–Trinajstić information content (AvgIpc) is 3.29. The first-order valence-electron chi connectivity index (χ1n) is 25.6. The van der Waals surface area contributed by atoms with E-state index in [0.717, 1.165) is 32.1 Å². The molecule has 12 unspecified atom stereocenters. The minimum absolute atomic E-state index is 0.251. The summed E-state index contributed by atoms with van der Waals surface area (Å²) in [5, 5.41) is 86.6. The summed E-state index contributed by atoms with van der Waals surface area (Å²) in [5.41, 5.74) is 0. The van der Waals surface area contributed by atoms with Crippen molar-refractivity contribution in [3.8, 4) is 0 Å². The van der Waals surface area contributed by atoms with Crippen molar-refractivity contribution in [2.24, 2.45) is 0 Å². The van der Waals surface area contributed by atoms with Crippen molar-refractivity contribution in [2.45, 2.75) is 267 Å². The van der Waals surface area contributed by atoms with Crippen molar-refractivity contribution in [3.63, 3.8) is 0 Å². The van der Waals surface area contributed by atoms with Crippen molar-refractivity contribution in [2.75, 3.05) is 19.8 Å². The number of allylic oxidation sites excluding steroid dienone is 3. The molecule has 2 rings (SSSR count). The Labute approximate surface area is 386 Å². The molecule has 2 saturated heterocycles. The van der Waals surface area contributed by atoms with Gasteiger partial charge in [-0.25, -0.2) is 0 Å². The van der Waals surface area contributed by atoms with Crippen LogP contribution in [0.15, 0.2) is 24.3 Å². The van der Waals surface area contributed by atoms with Gasteiger partial charge in [-0.15, -0.1) is 0 Å². The van der Waals surface area contributed by atoms with Crippen molar-refractivity contribution in [1.82, 2.24) is 5.32 Å². The maximum atomic E-state index is 13.1. The molecule has 14 nitrogen and oxygen atoms in total. The van der Waals surface area contributed by atoms with Gasteiger partial charge in [-0.05, 0) is 32.1 Å². The van der Waals surface area contributed by atoms with Crippen LogP contribution >= 0.6 is 0 Å². The number of ether oxygens (including phenoxy) is 4. The molecule has 14 heteroatoms. The number of carbonyl (C=O) groups excluding carboxylic acids is 1. The quantitative estimate of drug-likeness (QED) is 0.0236. The number of carbonyl (C=O) groups is 1. The van der Waals surface area contributed by atoms with E-state index in [0.29, 0.717) is 12.8 Å². The topological polar surface area (TPSA) is 228 Å². The predicted octanol–water partition coefficient (Wildman–Crippen LogP) is 6.55. The van der Waals surface area contributed by atoms with E-state index in [4.69, 9.17) is 18.9 Å². The van der Waals surface area contributed by atoms with Gasteiger partial charge in [0.2, 0.25) is 5.91 Å². The van der Waals surface area contributed by atoms with E-state index in [1.54, 1.807) is 6.08 Å². The second-order valence-corrected chi connectivity index (χ2v) is 18.3. The Morgan fingerprint density at radius 3 is 1.53 bits per heavy atom. The minimum Gasteiger partial charge on any atom is -0.394 e. The molecule has 376 valence electrons. The molecule has 0 aromatic carbocycles. The monoisotopic (exact) mass is 916 g/mol. The molecule has 0 radical (unpaired) electrons. The summed E-state index contributed by atoms with van der Waals surface area (Å²) >= 11 is 0. The van der Waals surface area contributed by atoms with E-state index in [9.17, 15) is 45.6 Å². The zero-order chi connectivity index (χ0) is 46.8. The fraction of sp³-hybridized carbons (Fsp3) is 0.900. The van der Waals surface area contributed by atoms with Gasteiger partial charge in [-0.2, -0.15) is 0 Å². The van der Waals surface area contributed by atoms with Gasteiger partial charge in [0.25, 0.3) is 0 Å². The molecule has 0 bridgehead atoms. The summed E-state index contributed by atoms with van der Waals surface area (Å²) in [6, 6.07) is -0.925. The predicted molar refractivity (Wildman–Crippen MR) is 249 cm³/mol. The van der Waals surface area contributed by atoms with Gasteiger partial charge in [0.05, 0.1) is 32.0 Å². The standard InChI is InChI=1S/C50H93NO13/c1-3-5-7-9-11-13-15-16-17-18-19-20-21-22-24-25-27-29-31-33-39(54)38(51-42(55)34-32-30-28-26-23-14-12-10-8-6-4-2)37-61-49-47(60)45(58)48(41(36-53)63-49)64-50-46(59)44(57)43(56)40(35-52)62-50/h24-25,31,33,38-41,43-50,52-54,56-60H,3-23,26-30,32,34-37H2,1-2H3,(H,51,55)/b25-24+,33-31+. The summed E-state index contributed by atoms with van der Waals surface area (Å²) < 4.78 is 22.7. The van der Waals surface area contributed by atoms with Crippen LogP contribution < -0.4 is 5.32 Å². The van der Waals surface area contributed by atoms with Crippen LogP contribution in [-0.2, 0) is 23.7 Å². The van der Waals surface area contributed by atoms with Gasteiger partial charge < -0.3 is 65.1 Å². The summed E-state index contributed by atoms with van der Waals surface area (Å²) in [4.78, 5) is 13.1. The maximum Gasteiger partial charge on any atom is 0.220 e. The number of amides is 1. The van der Waals surface area contributed by atoms with Crippen LogP contribution in [0.5, 0.6) is 0 Å². The van der Waals surface area contributed by atoms with Crippen LogP contribution in [0.25, 0.3) is 0 Å². The molecule has 2 aliphatic rings. The molecule has 9 N–H and O–H groups in total. The fourth-order valence-electron chi connectivity index (χ4n) is 8.42. The SMILES string of the molecule is CCCCCCCCCCCCCCC/C=C/CC/C=C/C(O)C(COC1OC(CO)C(OC2OC(CO)C(O)C(O)C2O)C(O)C1O)NC(=O)CCCCCCCCCCCCC. The average molecular weight is 916 g/mol. The van der Waals surface area contributed by atoms with E-state index in [2.05, 4.69) is 31.3 Å². The molecule has 64 heavy (non-hydrogen) atoms. The van der Waals surface area contributed by atoms with Crippen LogP contribution in [-0.4, -0.2) is 140 Å². The second-order valence-electron chi connectivity index (χ2n) is 18.3. The van der Waals surface area contributed by atoms with E-state index >= 15 is 0 Å². The van der Waals surface area contributed by atoms with Gasteiger partial charge in [-0.1, -0.05) is 179 Å². The van der Waals surface area contributed by atoms with Gasteiger partial charge in [-0.3, -0.25) is 4.79 Å². The molecule has 2 fully saturated rings. The lowest BCUT2D eigenvalue weighted by molar-refractivity contribution is -0.359. The van der Waals surface area contributed by atoms with Crippen LogP contribution in [0.2, 0.25) is 0 Å². The number of rotatable bonds is 39. The van der Waals surface area contributed by atoms with Crippen LogP contribution in [0, 0.1) is 0 Å². The minimum atomic E-state index is -1.79. The Hall–Kier alpha value is -1.53. The van der Waals surface area contributed by atoms with Crippen LogP contribution in [0.3, 0.4) is 0 Å². The number of hydrogen-bond donors (Lipinski definition) is 9. The van der Waals surface area contributed by atoms with Gasteiger partial charge in [0.1, 0.15) is 48.8 Å². The zero-order valence-corrected chi connectivity index (χ0v) is 39.8. The van der Waals surface area contributed by atoms with Gasteiger partial charge in [0.15, 0.2) is 12.6 Å². The first kappa shape index (κ1) is 58.6. The highest BCUT2D eigenvalue weighted by Crippen LogP contribution is 2.30. The van der Waals surface area contributed by atoms with Crippen LogP contribution in [0.4, 0.5) is 0 Å². The molecule has 2 heterocycles. The highest BCUT2D eigenvalue weighted by Gasteiger charge is 2.51. The molecule has 0 aromatic heterocycles. The normalized spacial score (nSPS) is 27.4. The highest BCUT2D eigenvalue weighted by molar-refractivity contribution is 5.76. The number of unbranched alkanes of at least 4 members (excludes halogenated alkanes) is 24. The van der Waals surface area contributed by atoms with E-state index in [1.165, 1.54) is 128 Å². The third kappa shape index (κ3) is 24.5. The lowest BCUT2D eigenvalue weighted by Crippen LogP contribution is -2.65. The maximum absolute atomic E-state index is 13.1. The first-order valence-corrected chi connectivity index (χ1v) is 25.6. The third-order valence-electron chi connectivity index (χ3n) is 12.6. The Kier molecular flexibility index (Phi) is 34.3. The first-order chi connectivity index (χ1) is 31.1. The molecule has 0 saturated carbocycles. The second kappa shape index (κ2) is 37.5. The molecule has 2 aliphatic heterocycles.